The molecule has 3 aromatic rings. The molecule has 6 heteroatoms. The minimum Gasteiger partial charge on any atom is -0.478 e. The van der Waals surface area contributed by atoms with Gasteiger partial charge in [-0.1, -0.05) is 12.1 Å². The quantitative estimate of drug-likeness (QED) is 0.686. The van der Waals surface area contributed by atoms with Crippen molar-refractivity contribution in [2.75, 3.05) is 5.32 Å². The van der Waals surface area contributed by atoms with Gasteiger partial charge in [0.1, 0.15) is 17.5 Å². The van der Waals surface area contributed by atoms with Gasteiger partial charge in [-0.2, -0.15) is 0 Å². The number of anilines is 1. The number of nitrogens with one attached hydrogen (secondary N) is 1. The largest absolute Gasteiger partial charge is 0.478 e. The highest BCUT2D eigenvalue weighted by Gasteiger charge is 2.19. The number of halogens is 2. The zero-order valence-corrected chi connectivity index (χ0v) is 14.6. The molecule has 2 N–H and O–H groups in total. The number of fused-ring (bicyclic) bond motifs is 1. The maximum absolute atomic E-state index is 13.7. The third-order valence-corrected chi connectivity index (χ3v) is 3.81. The van der Waals surface area contributed by atoms with E-state index in [9.17, 15) is 18.7 Å². The van der Waals surface area contributed by atoms with Gasteiger partial charge in [0.15, 0.2) is 0 Å². The molecule has 0 unspecified atom stereocenters. The molecular formula is C20H18F2N2O2. The number of hydrogen-bond acceptors (Lipinski definition) is 3. The predicted molar refractivity (Wildman–Crippen MR) is 97.4 cm³/mol. The van der Waals surface area contributed by atoms with E-state index in [0.29, 0.717) is 22.2 Å². The Morgan fingerprint density at radius 3 is 2.35 bits per heavy atom. The van der Waals surface area contributed by atoms with Crippen LogP contribution in [0.3, 0.4) is 0 Å². The average molecular weight is 356 g/mol. The smallest absolute Gasteiger partial charge is 0.336 e. The van der Waals surface area contributed by atoms with Crippen LogP contribution in [0.5, 0.6) is 0 Å². The van der Waals surface area contributed by atoms with Crippen LogP contribution in [0.2, 0.25) is 0 Å². The van der Waals surface area contributed by atoms with Gasteiger partial charge in [-0.05, 0) is 44.5 Å². The number of carbonyl (C=O) groups is 1. The summed E-state index contributed by atoms with van der Waals surface area (Å²) in [5.74, 6) is -2.09. The highest BCUT2D eigenvalue weighted by molar-refractivity contribution is 6.12. The monoisotopic (exact) mass is 356 g/mol. The van der Waals surface area contributed by atoms with Gasteiger partial charge in [0.05, 0.1) is 5.56 Å². The Morgan fingerprint density at radius 2 is 1.77 bits per heavy atom. The van der Waals surface area contributed by atoms with E-state index in [1.54, 1.807) is 12.1 Å². The Hall–Kier alpha value is -3.02. The first-order valence-corrected chi connectivity index (χ1v) is 8.05. The van der Waals surface area contributed by atoms with Crippen LogP contribution < -0.4 is 5.32 Å². The van der Waals surface area contributed by atoms with Crippen molar-refractivity contribution in [1.82, 2.24) is 4.98 Å². The van der Waals surface area contributed by atoms with Gasteiger partial charge in [0, 0.05) is 34.1 Å². The van der Waals surface area contributed by atoms with Crippen LogP contribution >= 0.6 is 0 Å². The van der Waals surface area contributed by atoms with Gasteiger partial charge < -0.3 is 10.4 Å². The first kappa shape index (κ1) is 17.8. The lowest BCUT2D eigenvalue weighted by Crippen LogP contribution is -2.26. The normalized spacial score (nSPS) is 11.6. The molecular weight excluding hydrogens is 338 g/mol. The number of benzene rings is 2. The predicted octanol–water partition coefficient (Wildman–Crippen LogP) is 5.09. The number of carboxylic acid groups (broad SMARTS) is 1. The number of nitrogens with zero attached hydrogens (tertiary/aromatic N) is 1. The fraction of sp³-hybridized carbons (Fsp3) is 0.200. The maximum atomic E-state index is 13.7. The number of aromatic carboxylic acids is 1. The van der Waals surface area contributed by atoms with Gasteiger partial charge in [0.25, 0.3) is 0 Å². The molecule has 0 radical (unpaired) electrons. The minimum atomic E-state index is -1.12. The Kier molecular flexibility index (Phi) is 4.36. The Bertz CT molecular complexity index is 990. The molecule has 134 valence electrons. The van der Waals surface area contributed by atoms with Crippen molar-refractivity contribution in [3.05, 3.63) is 59.8 Å². The zero-order valence-electron chi connectivity index (χ0n) is 14.6. The van der Waals surface area contributed by atoms with E-state index < -0.39 is 17.6 Å². The third-order valence-electron chi connectivity index (χ3n) is 3.81. The van der Waals surface area contributed by atoms with Gasteiger partial charge in [-0.15, -0.1) is 0 Å². The first-order valence-electron chi connectivity index (χ1n) is 8.05. The second kappa shape index (κ2) is 6.37. The number of carboxylic acids is 1. The van der Waals surface area contributed by atoms with Gasteiger partial charge in [-0.25, -0.2) is 18.6 Å². The summed E-state index contributed by atoms with van der Waals surface area (Å²) in [4.78, 5) is 16.1. The summed E-state index contributed by atoms with van der Waals surface area (Å²) in [7, 11) is 0. The molecule has 0 bridgehead atoms. The van der Waals surface area contributed by atoms with Crippen molar-refractivity contribution < 1.29 is 18.7 Å². The number of rotatable bonds is 3. The fourth-order valence-electron chi connectivity index (χ4n) is 2.86. The molecule has 1 aromatic heterocycles. The lowest BCUT2D eigenvalue weighted by Gasteiger charge is -2.23. The van der Waals surface area contributed by atoms with E-state index in [4.69, 9.17) is 0 Å². The van der Waals surface area contributed by atoms with Gasteiger partial charge in [-0.3, -0.25) is 0 Å². The van der Waals surface area contributed by atoms with Crippen LogP contribution in [0.15, 0.2) is 42.6 Å². The van der Waals surface area contributed by atoms with E-state index in [1.807, 2.05) is 20.8 Å². The van der Waals surface area contributed by atoms with Crippen molar-refractivity contribution >= 4 is 22.6 Å². The van der Waals surface area contributed by atoms with Gasteiger partial charge >= 0.3 is 5.97 Å². The lowest BCUT2D eigenvalue weighted by molar-refractivity contribution is 0.0699. The van der Waals surface area contributed by atoms with E-state index in [-0.39, 0.29) is 16.7 Å². The zero-order chi connectivity index (χ0) is 19.1. The summed E-state index contributed by atoms with van der Waals surface area (Å²) in [6.45, 7) is 5.87. The van der Waals surface area contributed by atoms with Crippen LogP contribution in [0.1, 0.15) is 31.1 Å². The molecule has 0 spiro atoms. The van der Waals surface area contributed by atoms with E-state index >= 15 is 0 Å². The van der Waals surface area contributed by atoms with Crippen LogP contribution in [0, 0.1) is 11.6 Å². The Labute approximate surface area is 149 Å². The first-order chi connectivity index (χ1) is 12.2. The highest BCUT2D eigenvalue weighted by Crippen LogP contribution is 2.35. The molecule has 26 heavy (non-hydrogen) atoms. The summed E-state index contributed by atoms with van der Waals surface area (Å²) in [6.07, 6.45) is 1.44. The Balaban J connectivity index is 2.37. The SMILES string of the molecule is CC(C)(C)Nc1ncc(-c2cc(F)cc(F)c2)c2c(C(=O)O)cccc12. The highest BCUT2D eigenvalue weighted by atomic mass is 19.1. The summed E-state index contributed by atoms with van der Waals surface area (Å²) in [5, 5.41) is 13.8. The average Bonchev–Trinajstić information content (AvgIpc) is 2.52. The van der Waals surface area contributed by atoms with Crippen molar-refractivity contribution in [2.24, 2.45) is 0 Å². The molecule has 0 aliphatic rings. The summed E-state index contributed by atoms with van der Waals surface area (Å²) in [6, 6.07) is 7.92. The van der Waals surface area contributed by atoms with Gasteiger partial charge in [0.2, 0.25) is 0 Å². The molecule has 3 rings (SSSR count). The standard InChI is InChI=1S/C20H18F2N2O2/c1-20(2,3)24-18-14-5-4-6-15(19(25)26)17(14)16(10-23-18)11-7-12(21)9-13(22)8-11/h4-10H,1-3H3,(H,23,24)(H,25,26). The van der Waals surface area contributed by atoms with E-state index in [2.05, 4.69) is 10.3 Å². The molecule has 0 saturated heterocycles. The van der Waals surface area contributed by atoms with Crippen LogP contribution in [-0.2, 0) is 0 Å². The molecule has 0 atom stereocenters. The number of aromatic nitrogens is 1. The second-order valence-corrected chi connectivity index (χ2v) is 7.09. The molecule has 0 saturated carbocycles. The molecule has 0 fully saturated rings. The van der Waals surface area contributed by atoms with Crippen molar-refractivity contribution in [2.45, 2.75) is 26.3 Å². The molecule has 0 aliphatic carbocycles. The van der Waals surface area contributed by atoms with Crippen LogP contribution in [0.4, 0.5) is 14.6 Å². The fourth-order valence-corrected chi connectivity index (χ4v) is 2.86. The summed E-state index contributed by atoms with van der Waals surface area (Å²) >= 11 is 0. The second-order valence-electron chi connectivity index (χ2n) is 7.09. The Morgan fingerprint density at radius 1 is 1.12 bits per heavy atom. The topological polar surface area (TPSA) is 62.2 Å². The maximum Gasteiger partial charge on any atom is 0.336 e. The van der Waals surface area contributed by atoms with E-state index in [0.717, 1.165) is 18.2 Å². The van der Waals surface area contributed by atoms with Crippen molar-refractivity contribution in [3.63, 3.8) is 0 Å². The van der Waals surface area contributed by atoms with E-state index in [1.165, 1.54) is 12.3 Å². The molecule has 4 nitrogen and oxygen atoms in total. The number of pyridine rings is 1. The van der Waals surface area contributed by atoms with Crippen LogP contribution in [0.25, 0.3) is 21.9 Å². The minimum absolute atomic E-state index is 0.0431. The summed E-state index contributed by atoms with van der Waals surface area (Å²) in [5.41, 5.74) is 0.333. The van der Waals surface area contributed by atoms with Crippen molar-refractivity contribution in [1.29, 1.82) is 0 Å². The lowest BCUT2D eigenvalue weighted by atomic mass is 9.95. The van der Waals surface area contributed by atoms with Crippen molar-refractivity contribution in [3.8, 4) is 11.1 Å². The molecule has 2 aromatic carbocycles. The number of hydrogen-bond donors (Lipinski definition) is 2. The molecule has 1 heterocycles. The molecule has 0 aliphatic heterocycles. The molecule has 0 amide bonds. The summed E-state index contributed by atoms with van der Waals surface area (Å²) < 4.78 is 27.4. The third kappa shape index (κ3) is 3.49. The van der Waals surface area contributed by atoms with Crippen LogP contribution in [-0.4, -0.2) is 21.6 Å².